The van der Waals surface area contributed by atoms with Gasteiger partial charge in [0.1, 0.15) is 0 Å². The summed E-state index contributed by atoms with van der Waals surface area (Å²) < 4.78 is 0. The molecule has 0 saturated heterocycles. The van der Waals surface area contributed by atoms with E-state index in [-0.39, 0.29) is 0 Å². The fourth-order valence-electron chi connectivity index (χ4n) is 2.69. The topological polar surface area (TPSA) is 40.5 Å². The lowest BCUT2D eigenvalue weighted by molar-refractivity contribution is -0.132. The number of hydrogen-bond donors (Lipinski definition) is 1. The summed E-state index contributed by atoms with van der Waals surface area (Å²) in [4.78, 5) is 13.6. The minimum Gasteiger partial charge on any atom is -0.478 e. The van der Waals surface area contributed by atoms with Gasteiger partial charge in [-0.2, -0.15) is 0 Å². The number of allylic oxidation sites excluding steroid dienone is 1. The zero-order chi connectivity index (χ0) is 16.1. The first-order chi connectivity index (χ1) is 10.1. The molecule has 3 heteroatoms. The van der Waals surface area contributed by atoms with E-state index in [0.717, 1.165) is 38.0 Å². The van der Waals surface area contributed by atoms with Crippen LogP contribution in [-0.2, 0) is 4.79 Å². The molecule has 0 aromatic heterocycles. The molecule has 21 heavy (non-hydrogen) atoms. The van der Waals surface area contributed by atoms with Gasteiger partial charge in [0.25, 0.3) is 0 Å². The van der Waals surface area contributed by atoms with Crippen LogP contribution in [0, 0.1) is 0 Å². The quantitative estimate of drug-likeness (QED) is 0.374. The minimum absolute atomic E-state index is 0.517. The van der Waals surface area contributed by atoms with Gasteiger partial charge < -0.3 is 10.0 Å². The van der Waals surface area contributed by atoms with E-state index in [9.17, 15) is 9.90 Å². The third-order valence-electron chi connectivity index (χ3n) is 4.03. The highest BCUT2D eigenvalue weighted by Gasteiger charge is 2.14. The van der Waals surface area contributed by atoms with Crippen molar-refractivity contribution in [2.45, 2.75) is 85.5 Å². The van der Waals surface area contributed by atoms with Gasteiger partial charge in [0.05, 0.1) is 5.57 Å². The van der Waals surface area contributed by atoms with Gasteiger partial charge in [-0.1, -0.05) is 59.3 Å². The molecule has 0 aromatic carbocycles. The van der Waals surface area contributed by atoms with Crippen molar-refractivity contribution >= 4 is 5.97 Å². The Balaban J connectivity index is 4.66. The van der Waals surface area contributed by atoms with Crippen LogP contribution in [-0.4, -0.2) is 29.1 Å². The normalized spacial score (nSPS) is 12.2. The molecule has 0 aliphatic carbocycles. The lowest BCUT2D eigenvalue weighted by Crippen LogP contribution is -2.27. The fraction of sp³-hybridized carbons (Fsp3) is 0.833. The van der Waals surface area contributed by atoms with Crippen LogP contribution < -0.4 is 0 Å². The summed E-state index contributed by atoms with van der Waals surface area (Å²) in [6, 6.07) is 0. The van der Waals surface area contributed by atoms with Crippen LogP contribution in [0.1, 0.15) is 85.5 Å². The van der Waals surface area contributed by atoms with Crippen LogP contribution in [0.5, 0.6) is 0 Å². The van der Waals surface area contributed by atoms with Gasteiger partial charge in [-0.15, -0.1) is 0 Å². The van der Waals surface area contributed by atoms with E-state index in [0.29, 0.717) is 5.57 Å². The summed E-state index contributed by atoms with van der Waals surface area (Å²) in [5.74, 6) is -0.779. The van der Waals surface area contributed by atoms with Crippen molar-refractivity contribution < 1.29 is 9.90 Å². The Labute approximate surface area is 131 Å². The van der Waals surface area contributed by atoms with Crippen molar-refractivity contribution in [2.75, 3.05) is 13.1 Å². The van der Waals surface area contributed by atoms with Gasteiger partial charge in [-0.05, 0) is 26.2 Å². The summed E-state index contributed by atoms with van der Waals surface area (Å²) in [5.41, 5.74) is 1.54. The maximum atomic E-state index is 11.3. The number of rotatable bonds is 13. The number of aliphatic carboxylic acids is 1. The number of nitrogens with zero attached hydrogens (tertiary/aromatic N) is 1. The second-order valence-electron chi connectivity index (χ2n) is 5.84. The molecule has 0 atom stereocenters. The summed E-state index contributed by atoms with van der Waals surface area (Å²) in [7, 11) is 0. The predicted molar refractivity (Wildman–Crippen MR) is 90.5 cm³/mol. The van der Waals surface area contributed by atoms with Gasteiger partial charge in [-0.25, -0.2) is 4.79 Å². The Morgan fingerprint density at radius 1 is 0.857 bits per heavy atom. The first-order valence-electron chi connectivity index (χ1n) is 8.76. The molecule has 0 rings (SSSR count). The molecule has 0 saturated carbocycles. The summed E-state index contributed by atoms with van der Waals surface area (Å²) in [5, 5.41) is 9.27. The number of unbranched alkanes of at least 4 members (excludes halogenated alkanes) is 6. The molecule has 0 heterocycles. The van der Waals surface area contributed by atoms with Crippen molar-refractivity contribution in [3.05, 3.63) is 11.3 Å². The molecule has 0 radical (unpaired) electrons. The van der Waals surface area contributed by atoms with Gasteiger partial charge in [-0.3, -0.25) is 0 Å². The van der Waals surface area contributed by atoms with E-state index in [1.165, 1.54) is 38.5 Å². The highest BCUT2D eigenvalue weighted by molar-refractivity contribution is 5.86. The summed E-state index contributed by atoms with van der Waals surface area (Å²) >= 11 is 0. The average Bonchev–Trinajstić information content (AvgIpc) is 2.47. The van der Waals surface area contributed by atoms with E-state index in [4.69, 9.17) is 0 Å². The molecular formula is C18H35NO2. The second kappa shape index (κ2) is 12.7. The minimum atomic E-state index is -0.779. The fourth-order valence-corrected chi connectivity index (χ4v) is 2.69. The maximum Gasteiger partial charge on any atom is 0.333 e. The predicted octanol–water partition coefficient (Wildman–Crippen LogP) is 5.22. The van der Waals surface area contributed by atoms with Gasteiger partial charge in [0.15, 0.2) is 0 Å². The standard InChI is InChI=1S/C18H35NO2/c1-5-8-10-12-14-19(15-13-11-9-6-2)17(7-3)16(4)18(20)21/h5-15H2,1-4H3,(H,20,21)/b17-16+. The van der Waals surface area contributed by atoms with Crippen LogP contribution in [0.2, 0.25) is 0 Å². The van der Waals surface area contributed by atoms with Crippen molar-refractivity contribution in [3.8, 4) is 0 Å². The monoisotopic (exact) mass is 297 g/mol. The summed E-state index contributed by atoms with van der Waals surface area (Å²) in [6.45, 7) is 10.2. The molecule has 0 amide bonds. The molecule has 0 unspecified atom stereocenters. The number of carboxylic acid groups (broad SMARTS) is 1. The van der Waals surface area contributed by atoms with E-state index in [2.05, 4.69) is 25.7 Å². The molecule has 3 nitrogen and oxygen atoms in total. The average molecular weight is 297 g/mol. The lowest BCUT2D eigenvalue weighted by atomic mass is 10.1. The van der Waals surface area contributed by atoms with E-state index >= 15 is 0 Å². The third kappa shape index (κ3) is 8.79. The Morgan fingerprint density at radius 3 is 1.67 bits per heavy atom. The Bertz CT molecular complexity index is 298. The molecule has 0 aliphatic rings. The van der Waals surface area contributed by atoms with Gasteiger partial charge in [0, 0.05) is 18.8 Å². The molecule has 0 spiro atoms. The highest BCUT2D eigenvalue weighted by Crippen LogP contribution is 2.18. The molecular weight excluding hydrogens is 262 g/mol. The van der Waals surface area contributed by atoms with Crippen LogP contribution >= 0.6 is 0 Å². The van der Waals surface area contributed by atoms with E-state index in [1.807, 2.05) is 0 Å². The number of carboxylic acids is 1. The van der Waals surface area contributed by atoms with E-state index in [1.54, 1.807) is 6.92 Å². The zero-order valence-corrected chi connectivity index (χ0v) is 14.6. The van der Waals surface area contributed by atoms with Crippen LogP contribution in [0.25, 0.3) is 0 Å². The first kappa shape index (κ1) is 20.0. The van der Waals surface area contributed by atoms with Crippen molar-refractivity contribution in [1.82, 2.24) is 4.90 Å². The van der Waals surface area contributed by atoms with Crippen LogP contribution in [0.15, 0.2) is 11.3 Å². The van der Waals surface area contributed by atoms with Crippen molar-refractivity contribution in [1.29, 1.82) is 0 Å². The largest absolute Gasteiger partial charge is 0.478 e. The molecule has 1 N–H and O–H groups in total. The number of hydrogen-bond acceptors (Lipinski definition) is 2. The van der Waals surface area contributed by atoms with Gasteiger partial charge in [0.2, 0.25) is 0 Å². The molecule has 0 aromatic rings. The maximum absolute atomic E-state index is 11.3. The molecule has 0 aliphatic heterocycles. The number of carbonyl (C=O) groups is 1. The molecule has 0 bridgehead atoms. The first-order valence-corrected chi connectivity index (χ1v) is 8.76. The zero-order valence-electron chi connectivity index (χ0n) is 14.6. The molecule has 0 fully saturated rings. The lowest BCUT2D eigenvalue weighted by Gasteiger charge is -2.28. The highest BCUT2D eigenvalue weighted by atomic mass is 16.4. The molecule has 124 valence electrons. The summed E-state index contributed by atoms with van der Waals surface area (Å²) in [6.07, 6.45) is 10.6. The van der Waals surface area contributed by atoms with Gasteiger partial charge >= 0.3 is 5.97 Å². The van der Waals surface area contributed by atoms with Crippen molar-refractivity contribution in [2.24, 2.45) is 0 Å². The smallest absolute Gasteiger partial charge is 0.333 e. The van der Waals surface area contributed by atoms with E-state index < -0.39 is 5.97 Å². The third-order valence-corrected chi connectivity index (χ3v) is 4.03. The second-order valence-corrected chi connectivity index (χ2v) is 5.84. The Hall–Kier alpha value is -0.990. The van der Waals surface area contributed by atoms with Crippen molar-refractivity contribution in [3.63, 3.8) is 0 Å². The van der Waals surface area contributed by atoms with Crippen LogP contribution in [0.3, 0.4) is 0 Å². The Morgan fingerprint density at radius 2 is 1.33 bits per heavy atom. The Kier molecular flexibility index (Phi) is 12.1. The SMILES string of the molecule is CCCCCCN(CCCCCC)/C(CC)=C(\C)C(=O)O. The van der Waals surface area contributed by atoms with Crippen LogP contribution in [0.4, 0.5) is 0 Å².